The molecule has 1 saturated heterocycles. The number of nitrogens with zero attached hydrogens (tertiary/aromatic N) is 1. The first-order valence-corrected chi connectivity index (χ1v) is 9.90. The van der Waals surface area contributed by atoms with Crippen LogP contribution in [0.2, 0.25) is 0 Å². The number of Topliss-reactive ketones (excluding diaryl/α,β-unsaturated/α-hetero) is 1. The normalized spacial score (nSPS) is 23.7. The van der Waals surface area contributed by atoms with Gasteiger partial charge in [-0.3, -0.25) is 14.4 Å². The van der Waals surface area contributed by atoms with Crippen molar-refractivity contribution in [1.29, 1.82) is 0 Å². The molecule has 2 amide bonds. The second-order valence-corrected chi connectivity index (χ2v) is 7.49. The molecule has 0 aliphatic carbocycles. The van der Waals surface area contributed by atoms with Crippen molar-refractivity contribution in [2.24, 2.45) is 5.92 Å². The van der Waals surface area contributed by atoms with Crippen molar-refractivity contribution in [3.63, 3.8) is 0 Å². The number of esters is 1. The van der Waals surface area contributed by atoms with Gasteiger partial charge in [0.05, 0.1) is 43.4 Å². The van der Waals surface area contributed by atoms with Gasteiger partial charge >= 0.3 is 5.97 Å². The zero-order valence-electron chi connectivity index (χ0n) is 17.3. The van der Waals surface area contributed by atoms with E-state index in [0.29, 0.717) is 25.1 Å². The summed E-state index contributed by atoms with van der Waals surface area (Å²) < 4.78 is 9.89. The summed E-state index contributed by atoms with van der Waals surface area (Å²) in [5, 5.41) is 2.91. The molecule has 1 N–H and O–H groups in total. The monoisotopic (exact) mass is 414 g/mol. The molecule has 8 nitrogen and oxygen atoms in total. The standard InChI is InChI=1S/C22H26N2O6/c1-4-18(26)14(15(12-29-2)20(27)30-3)11-19-22(9-10-24(19)13-25)16-7-5-6-8-17(16)23-21(22)28/h5-8,12-14,19H,4,9-11H2,1-3H3,(H,23,28)/b15-12+/t14-,19-,22+/m1/s1. The van der Waals surface area contributed by atoms with Crippen LogP contribution in [0.3, 0.4) is 0 Å². The van der Waals surface area contributed by atoms with Gasteiger partial charge in [-0.2, -0.15) is 0 Å². The Balaban J connectivity index is 2.08. The van der Waals surface area contributed by atoms with Gasteiger partial charge in [-0.1, -0.05) is 25.1 Å². The number of hydrogen-bond donors (Lipinski definition) is 1. The fraction of sp³-hybridized carbons (Fsp3) is 0.455. The number of likely N-dealkylation sites (tertiary alicyclic amines) is 1. The predicted molar refractivity (Wildman–Crippen MR) is 108 cm³/mol. The van der Waals surface area contributed by atoms with Crippen LogP contribution in [-0.2, 0) is 34.1 Å². The summed E-state index contributed by atoms with van der Waals surface area (Å²) in [4.78, 5) is 51.8. The van der Waals surface area contributed by atoms with Crippen molar-refractivity contribution < 1.29 is 28.7 Å². The lowest BCUT2D eigenvalue weighted by atomic mass is 9.71. The highest BCUT2D eigenvalue weighted by molar-refractivity contribution is 6.07. The zero-order chi connectivity index (χ0) is 21.9. The number of hydrogen-bond acceptors (Lipinski definition) is 6. The van der Waals surface area contributed by atoms with Gasteiger partial charge in [-0.05, 0) is 24.5 Å². The number of ether oxygens (including phenoxy) is 2. The third kappa shape index (κ3) is 3.36. The average molecular weight is 414 g/mol. The summed E-state index contributed by atoms with van der Waals surface area (Å²) in [6.45, 7) is 2.08. The maximum Gasteiger partial charge on any atom is 0.337 e. The highest BCUT2D eigenvalue weighted by Crippen LogP contribution is 2.49. The number of methoxy groups -OCH3 is 2. The molecule has 3 atom stereocenters. The third-order valence-electron chi connectivity index (χ3n) is 6.17. The Bertz CT molecular complexity index is 895. The number of ketones is 1. The van der Waals surface area contributed by atoms with E-state index in [1.54, 1.807) is 11.8 Å². The number of benzene rings is 1. The molecule has 160 valence electrons. The molecule has 1 fully saturated rings. The Labute approximate surface area is 175 Å². The van der Waals surface area contributed by atoms with E-state index in [1.165, 1.54) is 20.5 Å². The topological polar surface area (TPSA) is 102 Å². The maximum atomic E-state index is 13.2. The van der Waals surface area contributed by atoms with Crippen LogP contribution in [0.4, 0.5) is 5.69 Å². The van der Waals surface area contributed by atoms with Crippen LogP contribution in [-0.4, -0.2) is 55.8 Å². The SMILES string of the molecule is CCC(=O)[C@H](C[C@H]1N(C=O)CC[C@@]12C(=O)Nc1ccccc12)/C(=C\OC)C(=O)OC. The van der Waals surface area contributed by atoms with Gasteiger partial charge in [0, 0.05) is 18.7 Å². The third-order valence-corrected chi connectivity index (χ3v) is 6.17. The minimum atomic E-state index is -0.974. The molecule has 8 heteroatoms. The van der Waals surface area contributed by atoms with E-state index in [1.807, 2.05) is 24.3 Å². The summed E-state index contributed by atoms with van der Waals surface area (Å²) in [7, 11) is 2.61. The minimum Gasteiger partial charge on any atom is -0.504 e. The summed E-state index contributed by atoms with van der Waals surface area (Å²) in [5.41, 5.74) is 0.617. The second kappa shape index (κ2) is 8.69. The Hall–Kier alpha value is -3.16. The molecule has 0 aromatic heterocycles. The van der Waals surface area contributed by atoms with Gasteiger partial charge in [-0.15, -0.1) is 0 Å². The summed E-state index contributed by atoms with van der Waals surface area (Å²) in [6, 6.07) is 6.78. The van der Waals surface area contributed by atoms with Crippen LogP contribution in [0.1, 0.15) is 31.7 Å². The van der Waals surface area contributed by atoms with Gasteiger partial charge in [0.25, 0.3) is 0 Å². The number of fused-ring (bicyclic) bond motifs is 2. The van der Waals surface area contributed by atoms with Gasteiger partial charge < -0.3 is 19.7 Å². The van der Waals surface area contributed by atoms with Crippen LogP contribution in [0.25, 0.3) is 0 Å². The molecule has 30 heavy (non-hydrogen) atoms. The van der Waals surface area contributed by atoms with Crippen LogP contribution < -0.4 is 5.32 Å². The Kier molecular flexibility index (Phi) is 6.24. The number of amides is 2. The number of rotatable bonds is 8. The van der Waals surface area contributed by atoms with Gasteiger partial charge in [-0.25, -0.2) is 4.79 Å². The maximum absolute atomic E-state index is 13.2. The zero-order valence-corrected chi connectivity index (χ0v) is 17.3. The molecular weight excluding hydrogens is 388 g/mol. The number of anilines is 1. The van der Waals surface area contributed by atoms with E-state index >= 15 is 0 Å². The van der Waals surface area contributed by atoms with Gasteiger partial charge in [0.15, 0.2) is 0 Å². The molecule has 2 aliphatic rings. The molecule has 1 aromatic rings. The smallest absolute Gasteiger partial charge is 0.337 e. The van der Waals surface area contributed by atoms with Crippen molar-refractivity contribution in [3.05, 3.63) is 41.7 Å². The van der Waals surface area contributed by atoms with E-state index in [0.717, 1.165) is 5.56 Å². The lowest BCUT2D eigenvalue weighted by Crippen LogP contribution is -2.48. The van der Waals surface area contributed by atoms with E-state index < -0.39 is 23.3 Å². The van der Waals surface area contributed by atoms with E-state index in [9.17, 15) is 19.2 Å². The van der Waals surface area contributed by atoms with Crippen molar-refractivity contribution in [2.75, 3.05) is 26.1 Å². The van der Waals surface area contributed by atoms with Crippen LogP contribution >= 0.6 is 0 Å². The minimum absolute atomic E-state index is 0.0754. The van der Waals surface area contributed by atoms with E-state index in [-0.39, 0.29) is 30.1 Å². The Morgan fingerprint density at radius 3 is 2.70 bits per heavy atom. The molecule has 1 spiro atoms. The number of nitrogens with one attached hydrogen (secondary N) is 1. The van der Waals surface area contributed by atoms with Crippen LogP contribution in [0, 0.1) is 5.92 Å². The quantitative estimate of drug-likeness (QED) is 0.301. The summed E-state index contributed by atoms with van der Waals surface area (Å²) >= 11 is 0. The summed E-state index contributed by atoms with van der Waals surface area (Å²) in [6.07, 6.45) is 2.65. The molecule has 3 rings (SSSR count). The van der Waals surface area contributed by atoms with Crippen molar-refractivity contribution in [3.8, 4) is 0 Å². The number of carbonyl (C=O) groups is 4. The molecule has 0 saturated carbocycles. The van der Waals surface area contributed by atoms with E-state index in [2.05, 4.69) is 5.32 Å². The molecule has 0 unspecified atom stereocenters. The second-order valence-electron chi connectivity index (χ2n) is 7.49. The van der Waals surface area contributed by atoms with E-state index in [4.69, 9.17) is 9.47 Å². The first kappa shape index (κ1) is 21.5. The Morgan fingerprint density at radius 1 is 1.33 bits per heavy atom. The number of para-hydroxylation sites is 1. The first-order valence-electron chi connectivity index (χ1n) is 9.90. The fourth-order valence-corrected chi connectivity index (χ4v) is 4.71. The largest absolute Gasteiger partial charge is 0.504 e. The lowest BCUT2D eigenvalue weighted by molar-refractivity contribution is -0.138. The summed E-state index contributed by atoms with van der Waals surface area (Å²) in [5.74, 6) is -1.94. The molecule has 1 aromatic carbocycles. The lowest BCUT2D eigenvalue weighted by Gasteiger charge is -2.34. The van der Waals surface area contributed by atoms with Crippen molar-refractivity contribution >= 4 is 29.8 Å². The van der Waals surface area contributed by atoms with Crippen LogP contribution in [0.5, 0.6) is 0 Å². The van der Waals surface area contributed by atoms with Crippen molar-refractivity contribution in [2.45, 2.75) is 37.6 Å². The van der Waals surface area contributed by atoms with Gasteiger partial charge in [0.2, 0.25) is 12.3 Å². The molecular formula is C22H26N2O6. The molecule has 0 radical (unpaired) electrons. The predicted octanol–water partition coefficient (Wildman–Crippen LogP) is 1.80. The fourth-order valence-electron chi connectivity index (χ4n) is 4.71. The first-order chi connectivity index (χ1) is 14.4. The highest BCUT2D eigenvalue weighted by Gasteiger charge is 2.58. The molecule has 2 aliphatic heterocycles. The Morgan fingerprint density at radius 2 is 2.07 bits per heavy atom. The number of carbonyl (C=O) groups excluding carboxylic acids is 4. The van der Waals surface area contributed by atoms with Gasteiger partial charge in [0.1, 0.15) is 5.78 Å². The van der Waals surface area contributed by atoms with Crippen LogP contribution in [0.15, 0.2) is 36.1 Å². The highest BCUT2D eigenvalue weighted by atomic mass is 16.5. The molecule has 2 heterocycles. The van der Waals surface area contributed by atoms with Crippen molar-refractivity contribution in [1.82, 2.24) is 4.90 Å². The average Bonchev–Trinajstić information content (AvgIpc) is 3.27. The molecule has 0 bridgehead atoms.